The second kappa shape index (κ2) is 10.6. The lowest BCUT2D eigenvalue weighted by Gasteiger charge is -2.33. The summed E-state index contributed by atoms with van der Waals surface area (Å²) in [7, 11) is 0. The minimum absolute atomic E-state index is 0.199. The molecule has 0 spiro atoms. The highest BCUT2D eigenvalue weighted by molar-refractivity contribution is 6.30. The van der Waals surface area contributed by atoms with E-state index in [9.17, 15) is 19.5 Å². The minimum atomic E-state index is -0.929. The van der Waals surface area contributed by atoms with E-state index in [-0.39, 0.29) is 25.0 Å². The third kappa shape index (κ3) is 4.83. The number of hydrogen-bond acceptors (Lipinski definition) is 5. The SMILES string of the molecule is CCOC(=O)[C@H]1[C@@H]2C(=O)N([C@H](CO)c3ccccc3)[C@H](C(=O)Nc3ccc(Cl)cc3)[C@H]2C=C[C@H]1C. The largest absolute Gasteiger partial charge is 0.466 e. The van der Waals surface area contributed by atoms with Gasteiger partial charge in [-0.1, -0.05) is 61.0 Å². The van der Waals surface area contributed by atoms with Gasteiger partial charge in [0.05, 0.1) is 31.1 Å². The number of aliphatic hydroxyl groups excluding tert-OH is 1. The highest BCUT2D eigenvalue weighted by Crippen LogP contribution is 2.47. The number of esters is 1. The normalized spacial score (nSPS) is 26.2. The van der Waals surface area contributed by atoms with Crippen molar-refractivity contribution in [1.82, 2.24) is 4.90 Å². The first kappa shape index (κ1) is 24.9. The molecule has 1 heterocycles. The fourth-order valence-electron chi connectivity index (χ4n) is 5.25. The van der Waals surface area contributed by atoms with Crippen molar-refractivity contribution < 1.29 is 24.2 Å². The summed E-state index contributed by atoms with van der Waals surface area (Å²) in [5.41, 5.74) is 1.24. The molecule has 2 aromatic rings. The molecule has 0 saturated carbocycles. The Hall–Kier alpha value is -3.16. The van der Waals surface area contributed by atoms with Crippen LogP contribution >= 0.6 is 11.6 Å². The number of allylic oxidation sites excluding steroid dienone is 1. The molecular weight excluding hydrogens is 468 g/mol. The zero-order chi connectivity index (χ0) is 25.1. The molecule has 4 rings (SSSR count). The summed E-state index contributed by atoms with van der Waals surface area (Å²) >= 11 is 5.98. The van der Waals surface area contributed by atoms with E-state index in [1.165, 1.54) is 4.90 Å². The molecular formula is C27H29ClN2O5. The number of carbonyl (C=O) groups excluding carboxylic acids is 3. The number of nitrogens with zero attached hydrogens (tertiary/aromatic N) is 1. The molecule has 7 nitrogen and oxygen atoms in total. The molecule has 8 heteroatoms. The lowest BCUT2D eigenvalue weighted by atomic mass is 9.70. The molecule has 184 valence electrons. The fourth-order valence-corrected chi connectivity index (χ4v) is 5.38. The van der Waals surface area contributed by atoms with Gasteiger partial charge in [-0.2, -0.15) is 0 Å². The van der Waals surface area contributed by atoms with Crippen molar-refractivity contribution in [3.63, 3.8) is 0 Å². The minimum Gasteiger partial charge on any atom is -0.466 e. The van der Waals surface area contributed by atoms with E-state index in [0.717, 1.165) is 0 Å². The predicted molar refractivity (Wildman–Crippen MR) is 132 cm³/mol. The number of carbonyl (C=O) groups is 3. The first-order chi connectivity index (χ1) is 16.9. The van der Waals surface area contributed by atoms with Crippen LogP contribution in [0.1, 0.15) is 25.5 Å². The molecule has 2 amide bonds. The Kier molecular flexibility index (Phi) is 7.57. The third-order valence-corrected chi connectivity index (χ3v) is 7.09. The number of halogens is 1. The van der Waals surface area contributed by atoms with Gasteiger partial charge in [0.25, 0.3) is 0 Å². The number of likely N-dealkylation sites (tertiary alicyclic amines) is 1. The summed E-state index contributed by atoms with van der Waals surface area (Å²) in [6, 6.07) is 14.1. The number of rotatable bonds is 7. The second-order valence-electron chi connectivity index (χ2n) is 8.92. The Labute approximate surface area is 209 Å². The number of benzene rings is 2. The van der Waals surface area contributed by atoms with E-state index in [0.29, 0.717) is 16.3 Å². The summed E-state index contributed by atoms with van der Waals surface area (Å²) < 4.78 is 5.31. The summed E-state index contributed by atoms with van der Waals surface area (Å²) in [6.07, 6.45) is 3.73. The molecule has 0 radical (unpaired) electrons. The van der Waals surface area contributed by atoms with Gasteiger partial charge >= 0.3 is 5.97 Å². The van der Waals surface area contributed by atoms with Crippen molar-refractivity contribution in [3.05, 3.63) is 77.3 Å². The molecule has 35 heavy (non-hydrogen) atoms. The molecule has 6 atom stereocenters. The summed E-state index contributed by atoms with van der Waals surface area (Å²) in [4.78, 5) is 42.0. The molecule has 0 unspecified atom stereocenters. The van der Waals surface area contributed by atoms with Gasteiger partial charge in [0, 0.05) is 16.6 Å². The van der Waals surface area contributed by atoms with Crippen LogP contribution < -0.4 is 5.32 Å². The average Bonchev–Trinajstić information content (AvgIpc) is 3.14. The smallest absolute Gasteiger partial charge is 0.310 e. The van der Waals surface area contributed by atoms with Gasteiger partial charge in [0.15, 0.2) is 0 Å². The van der Waals surface area contributed by atoms with Crippen LogP contribution in [0.3, 0.4) is 0 Å². The Morgan fingerprint density at radius 2 is 1.80 bits per heavy atom. The predicted octanol–water partition coefficient (Wildman–Crippen LogP) is 3.84. The van der Waals surface area contributed by atoms with Crippen molar-refractivity contribution in [2.75, 3.05) is 18.5 Å². The van der Waals surface area contributed by atoms with Crippen LogP contribution in [0.25, 0.3) is 0 Å². The van der Waals surface area contributed by atoms with Gasteiger partial charge in [-0.25, -0.2) is 0 Å². The second-order valence-corrected chi connectivity index (χ2v) is 9.36. The number of fused-ring (bicyclic) bond motifs is 1. The Bertz CT molecular complexity index is 1100. The van der Waals surface area contributed by atoms with Crippen LogP contribution in [0.2, 0.25) is 5.02 Å². The Balaban J connectivity index is 1.77. The zero-order valence-electron chi connectivity index (χ0n) is 19.6. The molecule has 1 fully saturated rings. The summed E-state index contributed by atoms with van der Waals surface area (Å²) in [6.45, 7) is 3.42. The molecule has 0 aromatic heterocycles. The lowest BCUT2D eigenvalue weighted by Crippen LogP contribution is -2.46. The van der Waals surface area contributed by atoms with Crippen LogP contribution in [-0.4, -0.2) is 47.0 Å². The van der Waals surface area contributed by atoms with Crippen LogP contribution in [0.5, 0.6) is 0 Å². The number of nitrogens with one attached hydrogen (secondary N) is 1. The van der Waals surface area contributed by atoms with E-state index in [1.807, 2.05) is 49.4 Å². The van der Waals surface area contributed by atoms with E-state index < -0.39 is 41.7 Å². The Morgan fingerprint density at radius 3 is 2.43 bits per heavy atom. The Morgan fingerprint density at radius 1 is 1.11 bits per heavy atom. The van der Waals surface area contributed by atoms with Crippen LogP contribution in [0, 0.1) is 23.7 Å². The lowest BCUT2D eigenvalue weighted by molar-refractivity contribution is -0.155. The van der Waals surface area contributed by atoms with Gasteiger partial charge in [-0.15, -0.1) is 0 Å². The fraction of sp³-hybridized carbons (Fsp3) is 0.370. The standard InChI is InChI=1S/C27H29ClN2O5/c1-3-35-27(34)22-16(2)9-14-20-23(22)26(33)30(21(15-31)17-7-5-4-6-8-17)24(20)25(32)29-19-12-10-18(28)11-13-19/h4-14,16,20-24,31H,3,15H2,1-2H3,(H,29,32)/t16-,20+,21-,22-,23-,24+/m1/s1. The average molecular weight is 497 g/mol. The molecule has 2 aromatic carbocycles. The highest BCUT2D eigenvalue weighted by atomic mass is 35.5. The summed E-state index contributed by atoms with van der Waals surface area (Å²) in [5.74, 6) is -3.47. The number of anilines is 1. The van der Waals surface area contributed by atoms with Crippen LogP contribution in [-0.2, 0) is 19.1 Å². The van der Waals surface area contributed by atoms with E-state index in [2.05, 4.69) is 5.32 Å². The quantitative estimate of drug-likeness (QED) is 0.448. The van der Waals surface area contributed by atoms with E-state index in [1.54, 1.807) is 31.2 Å². The monoisotopic (exact) mass is 496 g/mol. The van der Waals surface area contributed by atoms with Gasteiger partial charge in [-0.05, 0) is 42.7 Å². The molecule has 1 aliphatic carbocycles. The molecule has 2 N–H and O–H groups in total. The molecule has 1 aliphatic heterocycles. The van der Waals surface area contributed by atoms with Crippen LogP contribution in [0.4, 0.5) is 5.69 Å². The van der Waals surface area contributed by atoms with Crippen molar-refractivity contribution in [3.8, 4) is 0 Å². The number of aliphatic hydroxyl groups is 1. The topological polar surface area (TPSA) is 95.9 Å². The molecule has 2 aliphatic rings. The van der Waals surface area contributed by atoms with Crippen LogP contribution in [0.15, 0.2) is 66.7 Å². The summed E-state index contributed by atoms with van der Waals surface area (Å²) in [5, 5.41) is 13.8. The zero-order valence-corrected chi connectivity index (χ0v) is 20.4. The van der Waals surface area contributed by atoms with Gasteiger partial charge < -0.3 is 20.1 Å². The van der Waals surface area contributed by atoms with Gasteiger partial charge in [0.1, 0.15) is 6.04 Å². The third-order valence-electron chi connectivity index (χ3n) is 6.84. The number of hydrogen-bond donors (Lipinski definition) is 2. The highest BCUT2D eigenvalue weighted by Gasteiger charge is 2.58. The maximum Gasteiger partial charge on any atom is 0.310 e. The maximum atomic E-state index is 14.0. The van der Waals surface area contributed by atoms with Crippen molar-refractivity contribution in [1.29, 1.82) is 0 Å². The van der Waals surface area contributed by atoms with Gasteiger partial charge in [0.2, 0.25) is 11.8 Å². The van der Waals surface area contributed by atoms with E-state index >= 15 is 0 Å². The number of ether oxygens (including phenoxy) is 1. The van der Waals surface area contributed by atoms with Gasteiger partial charge in [-0.3, -0.25) is 14.4 Å². The number of amides is 2. The van der Waals surface area contributed by atoms with Crippen molar-refractivity contribution >= 4 is 35.1 Å². The van der Waals surface area contributed by atoms with Crippen molar-refractivity contribution in [2.45, 2.75) is 25.9 Å². The first-order valence-electron chi connectivity index (χ1n) is 11.8. The first-order valence-corrected chi connectivity index (χ1v) is 12.1. The molecule has 1 saturated heterocycles. The van der Waals surface area contributed by atoms with E-state index in [4.69, 9.17) is 16.3 Å². The van der Waals surface area contributed by atoms with Crippen molar-refractivity contribution in [2.24, 2.45) is 23.7 Å². The maximum absolute atomic E-state index is 14.0. The molecule has 0 bridgehead atoms.